The van der Waals surface area contributed by atoms with Crippen LogP contribution in [0.25, 0.3) is 0 Å². The Balaban J connectivity index is 1.35. The van der Waals surface area contributed by atoms with Crippen LogP contribution < -0.4 is 20.1 Å². The zero-order valence-electron chi connectivity index (χ0n) is 21.9. The third-order valence-corrected chi connectivity index (χ3v) is 5.88. The Labute approximate surface area is 228 Å². The summed E-state index contributed by atoms with van der Waals surface area (Å²) in [6.45, 7) is 4.38. The number of nitrogens with one attached hydrogen (secondary N) is 2. The molecule has 9 nitrogen and oxygen atoms in total. The fourth-order valence-electron chi connectivity index (χ4n) is 3.76. The molecule has 9 heteroatoms. The molecule has 2 amide bonds. The first-order valence-corrected chi connectivity index (χ1v) is 13.0. The van der Waals surface area contributed by atoms with E-state index in [4.69, 9.17) is 23.7 Å². The smallest absolute Gasteiger partial charge is 0.251 e. The summed E-state index contributed by atoms with van der Waals surface area (Å²) < 4.78 is 28.0. The lowest BCUT2D eigenvalue weighted by molar-refractivity contribution is 0.00499. The number of rotatable bonds is 0. The fourth-order valence-corrected chi connectivity index (χ4v) is 3.76. The second-order valence-electron chi connectivity index (χ2n) is 8.77. The maximum absolute atomic E-state index is 12.7. The number of hydrogen-bond acceptors (Lipinski definition) is 7. The van der Waals surface area contributed by atoms with E-state index >= 15 is 0 Å². The minimum atomic E-state index is -0.258. The van der Waals surface area contributed by atoms with Crippen LogP contribution in [0.2, 0.25) is 0 Å². The number of carbonyl (C=O) groups is 2. The zero-order valence-corrected chi connectivity index (χ0v) is 21.9. The highest BCUT2D eigenvalue weighted by molar-refractivity contribution is 5.99. The predicted octanol–water partition coefficient (Wildman–Crippen LogP) is 3.37. The average Bonchev–Trinajstić information content (AvgIpc) is 2.98. The number of carbonyl (C=O) groups excluding carboxylic acids is 2. The molecule has 4 heterocycles. The Morgan fingerprint density at radius 3 is 1.28 bits per heavy atom. The first kappa shape index (κ1) is 28.1. The van der Waals surface area contributed by atoms with Gasteiger partial charge in [-0.2, -0.15) is 0 Å². The molecule has 39 heavy (non-hydrogen) atoms. The zero-order chi connectivity index (χ0) is 27.1. The van der Waals surface area contributed by atoms with E-state index in [1.54, 1.807) is 24.3 Å². The van der Waals surface area contributed by atoms with Crippen LogP contribution in [0.1, 0.15) is 31.8 Å². The lowest BCUT2D eigenvalue weighted by Crippen LogP contribution is -2.25. The van der Waals surface area contributed by atoms with Gasteiger partial charge >= 0.3 is 0 Å². The molecule has 0 saturated heterocycles. The molecular formula is C30H34N2O7. The van der Waals surface area contributed by atoms with Crippen molar-refractivity contribution in [2.75, 3.05) is 52.9 Å². The van der Waals surface area contributed by atoms with Crippen molar-refractivity contribution in [2.24, 2.45) is 0 Å². The lowest BCUT2D eigenvalue weighted by atomic mass is 10.1. The van der Waals surface area contributed by atoms with Crippen molar-refractivity contribution >= 4 is 11.8 Å². The number of amides is 2. The summed E-state index contributed by atoms with van der Waals surface area (Å²) in [7, 11) is 0. The molecule has 2 N–H and O–H groups in total. The van der Waals surface area contributed by atoms with Gasteiger partial charge < -0.3 is 34.3 Å². The van der Waals surface area contributed by atoms with E-state index in [0.717, 1.165) is 22.6 Å². The van der Waals surface area contributed by atoms with E-state index in [-0.39, 0.29) is 11.8 Å². The maximum Gasteiger partial charge on any atom is 0.251 e. The van der Waals surface area contributed by atoms with E-state index < -0.39 is 0 Å². The van der Waals surface area contributed by atoms with E-state index in [1.807, 2.05) is 48.5 Å². The number of ether oxygens (including phenoxy) is 5. The third-order valence-electron chi connectivity index (χ3n) is 5.88. The highest BCUT2D eigenvalue weighted by Gasteiger charge is 2.11. The normalized spacial score (nSPS) is 16.8. The standard InChI is InChI=1S/C30H34N2O7/c33-29-25-2-1-3-26(20-25)30(34)32-22-24-6-10-28(11-7-24)39-19-17-37-15-13-35-12-14-36-16-18-38-27-8-4-23(5-9-27)21-31-29/h1-11,20H,12-19,21-22H2,(H,31,33)(H,32,34). The van der Waals surface area contributed by atoms with E-state index in [0.29, 0.717) is 77.1 Å². The van der Waals surface area contributed by atoms with Gasteiger partial charge in [0.2, 0.25) is 0 Å². The molecule has 6 bridgehead atoms. The molecule has 3 aromatic rings. The summed E-state index contributed by atoms with van der Waals surface area (Å²) in [5.74, 6) is 0.930. The predicted molar refractivity (Wildman–Crippen MR) is 145 cm³/mol. The van der Waals surface area contributed by atoms with Gasteiger partial charge in [-0.1, -0.05) is 30.3 Å². The molecular weight excluding hydrogens is 500 g/mol. The largest absolute Gasteiger partial charge is 0.491 e. The Bertz CT molecular complexity index is 1090. The Kier molecular flexibility index (Phi) is 11.2. The number of benzene rings is 3. The molecule has 0 radical (unpaired) electrons. The molecule has 0 spiro atoms. The minimum absolute atomic E-state index is 0.258. The van der Waals surface area contributed by atoms with Crippen molar-refractivity contribution in [1.29, 1.82) is 0 Å². The van der Waals surface area contributed by atoms with Crippen molar-refractivity contribution in [1.82, 2.24) is 10.6 Å². The summed E-state index contributed by atoms with van der Waals surface area (Å²) >= 11 is 0. The van der Waals surface area contributed by atoms with Gasteiger partial charge in [-0.25, -0.2) is 0 Å². The molecule has 3 aromatic carbocycles. The maximum atomic E-state index is 12.7. The molecule has 0 unspecified atom stereocenters. The second-order valence-corrected chi connectivity index (χ2v) is 8.77. The van der Waals surface area contributed by atoms with Crippen molar-refractivity contribution in [3.8, 4) is 11.5 Å². The first-order chi connectivity index (χ1) is 19.2. The van der Waals surface area contributed by atoms with Crippen LogP contribution >= 0.6 is 0 Å². The van der Waals surface area contributed by atoms with Crippen molar-refractivity contribution in [3.63, 3.8) is 0 Å². The highest BCUT2D eigenvalue weighted by Crippen LogP contribution is 2.14. The van der Waals surface area contributed by atoms with Gasteiger partial charge in [0.15, 0.2) is 0 Å². The SMILES string of the molecule is O=C1NCc2ccc(cc2)OCCOCCOCCOCCOc2ccc(cc2)CNC(=O)c2cccc1c2. The quantitative estimate of drug-likeness (QED) is 0.456. The molecule has 0 atom stereocenters. The molecule has 0 fully saturated rings. The summed E-state index contributed by atoms with van der Waals surface area (Å²) in [5.41, 5.74) is 2.69. The Hall–Kier alpha value is -3.92. The summed E-state index contributed by atoms with van der Waals surface area (Å²) in [4.78, 5) is 25.4. The van der Waals surface area contributed by atoms with Crippen LogP contribution in [-0.2, 0) is 27.3 Å². The monoisotopic (exact) mass is 534 g/mol. The lowest BCUT2D eigenvalue weighted by Gasteiger charge is -2.11. The summed E-state index contributed by atoms with van der Waals surface area (Å²) in [5, 5.41) is 5.79. The second kappa shape index (κ2) is 15.5. The van der Waals surface area contributed by atoms with Gasteiger partial charge in [0.25, 0.3) is 11.8 Å². The highest BCUT2D eigenvalue weighted by atomic mass is 16.6. The average molecular weight is 535 g/mol. The van der Waals surface area contributed by atoms with Crippen molar-refractivity contribution < 1.29 is 33.3 Å². The van der Waals surface area contributed by atoms with Gasteiger partial charge in [-0.05, 0) is 53.6 Å². The Morgan fingerprint density at radius 2 is 0.872 bits per heavy atom. The third kappa shape index (κ3) is 9.72. The van der Waals surface area contributed by atoms with Crippen LogP contribution in [0.3, 0.4) is 0 Å². The van der Waals surface area contributed by atoms with Crippen LogP contribution in [0.4, 0.5) is 0 Å². The van der Waals surface area contributed by atoms with Crippen LogP contribution in [-0.4, -0.2) is 64.7 Å². The Morgan fingerprint density at radius 1 is 0.487 bits per heavy atom. The van der Waals surface area contributed by atoms with Gasteiger partial charge in [0.1, 0.15) is 24.7 Å². The van der Waals surface area contributed by atoms with E-state index in [1.165, 1.54) is 0 Å². The van der Waals surface area contributed by atoms with Gasteiger partial charge in [-0.3, -0.25) is 9.59 Å². The first-order valence-electron chi connectivity index (χ1n) is 13.0. The van der Waals surface area contributed by atoms with Crippen LogP contribution in [0.15, 0.2) is 72.8 Å². The minimum Gasteiger partial charge on any atom is -0.491 e. The van der Waals surface area contributed by atoms with E-state index in [2.05, 4.69) is 10.6 Å². The van der Waals surface area contributed by atoms with Crippen LogP contribution in [0.5, 0.6) is 11.5 Å². The molecule has 7 rings (SSSR count). The molecule has 0 aromatic heterocycles. The molecule has 4 aliphatic heterocycles. The van der Waals surface area contributed by atoms with Gasteiger partial charge in [0.05, 0.1) is 39.6 Å². The summed E-state index contributed by atoms with van der Waals surface area (Å²) in [6.07, 6.45) is 0. The summed E-state index contributed by atoms with van der Waals surface area (Å²) in [6, 6.07) is 21.7. The van der Waals surface area contributed by atoms with Crippen molar-refractivity contribution in [3.05, 3.63) is 95.1 Å². The van der Waals surface area contributed by atoms with Gasteiger partial charge in [-0.15, -0.1) is 0 Å². The van der Waals surface area contributed by atoms with Gasteiger partial charge in [0, 0.05) is 24.2 Å². The molecule has 0 aliphatic carbocycles. The molecule has 4 aliphatic rings. The molecule has 206 valence electrons. The topological polar surface area (TPSA) is 104 Å². The fraction of sp³-hybridized carbons (Fsp3) is 0.333. The van der Waals surface area contributed by atoms with Crippen molar-refractivity contribution in [2.45, 2.75) is 13.1 Å². The molecule has 0 saturated carbocycles. The number of hydrogen-bond donors (Lipinski definition) is 2. The van der Waals surface area contributed by atoms with E-state index in [9.17, 15) is 9.59 Å². The van der Waals surface area contributed by atoms with Crippen LogP contribution in [0, 0.1) is 0 Å².